The molecule has 1 heterocycles. The molecule has 0 radical (unpaired) electrons. The lowest BCUT2D eigenvalue weighted by molar-refractivity contribution is -0.142. The number of nitrogens with zero attached hydrogens (tertiary/aromatic N) is 1. The lowest BCUT2D eigenvalue weighted by Gasteiger charge is -2.15. The van der Waals surface area contributed by atoms with Crippen LogP contribution in [0.3, 0.4) is 0 Å². The summed E-state index contributed by atoms with van der Waals surface area (Å²) in [5, 5.41) is 0.583. The zero-order valence-electron chi connectivity index (χ0n) is 19.2. The van der Waals surface area contributed by atoms with Gasteiger partial charge in [0.05, 0.1) is 12.8 Å². The monoisotopic (exact) mass is 475 g/mol. The zero-order valence-corrected chi connectivity index (χ0v) is 19.2. The number of carbonyl (C=O) groups excluding carboxylic acids is 3. The Kier molecular flexibility index (Phi) is 9.00. The number of fused-ring (bicyclic) bond motifs is 1. The fraction of sp³-hybridized carbons (Fsp3) is 0.250. The molecule has 0 aliphatic rings. The van der Waals surface area contributed by atoms with E-state index in [4.69, 9.17) is 18.9 Å². The average molecular weight is 475 g/mol. The van der Waals surface area contributed by atoms with Gasteiger partial charge in [-0.2, -0.15) is 0 Å². The molecule has 3 rings (SSSR count). The third-order valence-corrected chi connectivity index (χ3v) is 4.12. The van der Waals surface area contributed by atoms with Gasteiger partial charge in [-0.05, 0) is 18.2 Å². The summed E-state index contributed by atoms with van der Waals surface area (Å²) in [5.74, 6) is -3.91. The third-order valence-electron chi connectivity index (χ3n) is 4.12. The summed E-state index contributed by atoms with van der Waals surface area (Å²) < 4.78 is 47.4. The van der Waals surface area contributed by atoms with Gasteiger partial charge >= 0.3 is 17.9 Å². The van der Waals surface area contributed by atoms with Gasteiger partial charge in [-0.1, -0.05) is 13.8 Å². The van der Waals surface area contributed by atoms with Gasteiger partial charge in [0.15, 0.2) is 11.4 Å². The second-order valence-corrected chi connectivity index (χ2v) is 6.52. The van der Waals surface area contributed by atoms with Crippen molar-refractivity contribution < 1.29 is 42.1 Å². The number of halogens is 2. The minimum absolute atomic E-state index is 0.0947. The molecular formula is C24H23F2NO7. The largest absolute Gasteiger partial charge is 0.464 e. The van der Waals surface area contributed by atoms with E-state index in [1.165, 1.54) is 25.1 Å². The summed E-state index contributed by atoms with van der Waals surface area (Å²) >= 11 is 0. The number of hydrogen-bond donors (Lipinski definition) is 0. The van der Waals surface area contributed by atoms with Crippen molar-refractivity contribution in [3.8, 4) is 17.2 Å². The van der Waals surface area contributed by atoms with Crippen molar-refractivity contribution in [2.75, 3.05) is 7.11 Å². The standard InChI is InChI=1S/C22H17F2NO7.C2H6/c1-11(26)30-10-19-18-9-15(32-16-7-13(23)6-14(24)8-16)4-5-17(18)21(31-12(2)27)20(25-19)22(28)29-3;1-2/h4-9H,10H2,1-3H3;1-2H3. The van der Waals surface area contributed by atoms with Crippen LogP contribution in [0.4, 0.5) is 8.78 Å². The van der Waals surface area contributed by atoms with Gasteiger partial charge in [-0.25, -0.2) is 18.6 Å². The molecule has 34 heavy (non-hydrogen) atoms. The van der Waals surface area contributed by atoms with Crippen LogP contribution >= 0.6 is 0 Å². The van der Waals surface area contributed by atoms with E-state index >= 15 is 0 Å². The lowest BCUT2D eigenvalue weighted by Crippen LogP contribution is -2.14. The number of carbonyl (C=O) groups is 3. The molecular weight excluding hydrogens is 452 g/mol. The van der Waals surface area contributed by atoms with Crippen molar-refractivity contribution in [1.82, 2.24) is 4.98 Å². The predicted molar refractivity (Wildman–Crippen MR) is 118 cm³/mol. The Hall–Kier alpha value is -4.08. The van der Waals surface area contributed by atoms with Crippen LogP contribution in [0.2, 0.25) is 0 Å². The maximum absolute atomic E-state index is 13.5. The van der Waals surface area contributed by atoms with E-state index in [1.807, 2.05) is 13.8 Å². The van der Waals surface area contributed by atoms with Gasteiger partial charge < -0.3 is 18.9 Å². The second-order valence-electron chi connectivity index (χ2n) is 6.52. The first-order valence-electron chi connectivity index (χ1n) is 10.2. The van der Waals surface area contributed by atoms with Crippen molar-refractivity contribution in [2.24, 2.45) is 0 Å². The number of pyridine rings is 1. The highest BCUT2D eigenvalue weighted by Gasteiger charge is 2.23. The molecule has 0 amide bonds. The van der Waals surface area contributed by atoms with Gasteiger partial charge in [0.25, 0.3) is 0 Å². The minimum Gasteiger partial charge on any atom is -0.464 e. The van der Waals surface area contributed by atoms with Gasteiger partial charge in [0, 0.05) is 42.8 Å². The maximum atomic E-state index is 13.5. The maximum Gasteiger partial charge on any atom is 0.360 e. The van der Waals surface area contributed by atoms with Crippen molar-refractivity contribution in [3.63, 3.8) is 0 Å². The Bertz CT molecular complexity index is 1210. The highest BCUT2D eigenvalue weighted by molar-refractivity contribution is 6.02. The first-order valence-corrected chi connectivity index (χ1v) is 10.2. The molecule has 0 fully saturated rings. The summed E-state index contributed by atoms with van der Waals surface area (Å²) in [6.45, 7) is 6.04. The molecule has 0 spiro atoms. The number of ether oxygens (including phenoxy) is 4. The first kappa shape index (κ1) is 26.2. The summed E-state index contributed by atoms with van der Waals surface area (Å²) in [6, 6.07) is 7.04. The molecule has 180 valence electrons. The van der Waals surface area contributed by atoms with Crippen LogP contribution in [0.1, 0.15) is 43.9 Å². The first-order chi connectivity index (χ1) is 16.2. The Morgan fingerprint density at radius 1 is 0.882 bits per heavy atom. The zero-order chi connectivity index (χ0) is 25.4. The number of aromatic nitrogens is 1. The highest BCUT2D eigenvalue weighted by atomic mass is 19.1. The topological polar surface area (TPSA) is 101 Å². The Morgan fingerprint density at radius 3 is 2.09 bits per heavy atom. The summed E-state index contributed by atoms with van der Waals surface area (Å²) in [4.78, 5) is 39.3. The molecule has 1 aromatic heterocycles. The van der Waals surface area contributed by atoms with E-state index in [1.54, 1.807) is 0 Å². The van der Waals surface area contributed by atoms with E-state index in [9.17, 15) is 23.2 Å². The van der Waals surface area contributed by atoms with Crippen LogP contribution in [0, 0.1) is 11.6 Å². The molecule has 0 saturated heterocycles. The van der Waals surface area contributed by atoms with Crippen LogP contribution in [-0.4, -0.2) is 30.0 Å². The van der Waals surface area contributed by atoms with Crippen molar-refractivity contribution in [2.45, 2.75) is 34.3 Å². The average Bonchev–Trinajstić information content (AvgIpc) is 2.78. The van der Waals surface area contributed by atoms with E-state index in [0.29, 0.717) is 11.5 Å². The smallest absolute Gasteiger partial charge is 0.360 e. The Balaban J connectivity index is 0.00000199. The van der Waals surface area contributed by atoms with Gasteiger partial charge in [-0.3, -0.25) is 9.59 Å². The quantitative estimate of drug-likeness (QED) is 0.454. The van der Waals surface area contributed by atoms with Crippen LogP contribution in [0.15, 0.2) is 36.4 Å². The molecule has 2 aromatic carbocycles. The van der Waals surface area contributed by atoms with Crippen LogP contribution in [-0.2, 0) is 25.7 Å². The molecule has 0 unspecified atom stereocenters. The Labute approximate surface area is 194 Å². The normalized spacial score (nSPS) is 10.1. The van der Waals surface area contributed by atoms with Gasteiger partial charge in [-0.15, -0.1) is 0 Å². The number of benzene rings is 2. The van der Waals surface area contributed by atoms with Gasteiger partial charge in [0.1, 0.15) is 29.7 Å². The number of hydrogen-bond acceptors (Lipinski definition) is 8. The molecule has 0 bridgehead atoms. The van der Waals surface area contributed by atoms with E-state index in [-0.39, 0.29) is 40.6 Å². The molecule has 8 nitrogen and oxygen atoms in total. The third kappa shape index (κ3) is 6.47. The summed E-state index contributed by atoms with van der Waals surface area (Å²) in [5.41, 5.74) is -0.152. The molecule has 0 atom stereocenters. The van der Waals surface area contributed by atoms with Crippen LogP contribution < -0.4 is 9.47 Å². The van der Waals surface area contributed by atoms with Crippen molar-refractivity contribution >= 4 is 28.7 Å². The summed E-state index contributed by atoms with van der Waals surface area (Å²) in [6.07, 6.45) is 0. The Morgan fingerprint density at radius 2 is 1.53 bits per heavy atom. The molecule has 0 aliphatic carbocycles. The molecule has 0 N–H and O–H groups in total. The fourth-order valence-corrected chi connectivity index (χ4v) is 2.88. The van der Waals surface area contributed by atoms with E-state index in [0.717, 1.165) is 26.2 Å². The lowest BCUT2D eigenvalue weighted by atomic mass is 10.1. The van der Waals surface area contributed by atoms with Crippen LogP contribution in [0.5, 0.6) is 17.2 Å². The molecule has 0 aliphatic heterocycles. The number of esters is 3. The molecule has 10 heteroatoms. The number of rotatable bonds is 6. The van der Waals surface area contributed by atoms with Crippen LogP contribution in [0.25, 0.3) is 10.8 Å². The van der Waals surface area contributed by atoms with Gasteiger partial charge in [0.2, 0.25) is 0 Å². The number of methoxy groups -OCH3 is 1. The fourth-order valence-electron chi connectivity index (χ4n) is 2.88. The molecule has 3 aromatic rings. The summed E-state index contributed by atoms with van der Waals surface area (Å²) in [7, 11) is 1.13. The second kappa shape index (κ2) is 11.7. The highest BCUT2D eigenvalue weighted by Crippen LogP contribution is 2.35. The van der Waals surface area contributed by atoms with E-state index < -0.39 is 29.5 Å². The minimum atomic E-state index is -0.872. The van der Waals surface area contributed by atoms with E-state index in [2.05, 4.69) is 4.98 Å². The predicted octanol–water partition coefficient (Wildman–Crippen LogP) is 5.11. The van der Waals surface area contributed by atoms with Crippen molar-refractivity contribution in [1.29, 1.82) is 0 Å². The van der Waals surface area contributed by atoms with Crippen molar-refractivity contribution in [3.05, 3.63) is 59.4 Å². The molecule has 0 saturated carbocycles. The SMILES string of the molecule is CC.COC(=O)c1nc(COC(C)=O)c2cc(Oc3cc(F)cc(F)c3)ccc2c1OC(C)=O.